The summed E-state index contributed by atoms with van der Waals surface area (Å²) < 4.78 is 0. The van der Waals surface area contributed by atoms with E-state index in [4.69, 9.17) is 5.73 Å². The molecule has 7 heteroatoms. The van der Waals surface area contributed by atoms with Gasteiger partial charge in [0.05, 0.1) is 0 Å². The molecule has 4 fully saturated rings. The van der Waals surface area contributed by atoms with Crippen molar-refractivity contribution in [1.29, 1.82) is 0 Å². The number of rotatable bonds is 4. The second-order valence-corrected chi connectivity index (χ2v) is 8.80. The summed E-state index contributed by atoms with van der Waals surface area (Å²) in [6.07, 6.45) is 4.32. The van der Waals surface area contributed by atoms with Crippen molar-refractivity contribution < 1.29 is 14.4 Å². The topological polar surface area (TPSA) is 95.7 Å². The minimum atomic E-state index is -0.560. The van der Waals surface area contributed by atoms with Crippen molar-refractivity contribution in [2.45, 2.75) is 56.8 Å². The lowest BCUT2D eigenvalue weighted by molar-refractivity contribution is -0.136. The van der Waals surface area contributed by atoms with Crippen molar-refractivity contribution in [3.8, 4) is 0 Å². The average Bonchev–Trinajstić information content (AvgIpc) is 2.97. The molecular weight excluding hydrogens is 356 g/mol. The molecule has 3 saturated heterocycles. The average molecular weight is 382 g/mol. The van der Waals surface area contributed by atoms with E-state index in [1.807, 2.05) is 12.1 Å². The van der Waals surface area contributed by atoms with Gasteiger partial charge in [0.1, 0.15) is 6.04 Å². The Labute approximate surface area is 164 Å². The lowest BCUT2D eigenvalue weighted by Crippen LogP contribution is -2.65. The zero-order valence-electron chi connectivity index (χ0n) is 15.9. The summed E-state index contributed by atoms with van der Waals surface area (Å²) >= 11 is 0. The quantitative estimate of drug-likeness (QED) is 0.750. The van der Waals surface area contributed by atoms with Gasteiger partial charge in [-0.25, -0.2) is 0 Å². The predicted octanol–water partition coefficient (Wildman–Crippen LogP) is 0.761. The van der Waals surface area contributed by atoms with Gasteiger partial charge in [-0.1, -0.05) is 12.1 Å². The lowest BCUT2D eigenvalue weighted by Gasteiger charge is -2.59. The van der Waals surface area contributed by atoms with Crippen molar-refractivity contribution in [1.82, 2.24) is 15.1 Å². The molecule has 2 bridgehead atoms. The van der Waals surface area contributed by atoms with Gasteiger partial charge in [-0.05, 0) is 55.3 Å². The third-order valence-corrected chi connectivity index (χ3v) is 7.16. The summed E-state index contributed by atoms with van der Waals surface area (Å²) in [5, 5.41) is 2.35. The monoisotopic (exact) mass is 382 g/mol. The molecule has 1 atom stereocenters. The van der Waals surface area contributed by atoms with Crippen LogP contribution in [0.5, 0.6) is 0 Å². The maximum absolute atomic E-state index is 12.8. The van der Waals surface area contributed by atoms with Crippen molar-refractivity contribution in [3.05, 3.63) is 34.9 Å². The number of piperidine rings is 3. The molecule has 3 amide bonds. The molecule has 4 heterocycles. The summed E-state index contributed by atoms with van der Waals surface area (Å²) in [6, 6.07) is 5.46. The van der Waals surface area contributed by atoms with Crippen LogP contribution in [0.25, 0.3) is 0 Å². The van der Waals surface area contributed by atoms with Crippen LogP contribution in [0.15, 0.2) is 18.2 Å². The molecule has 0 aromatic heterocycles. The van der Waals surface area contributed by atoms with E-state index in [-0.39, 0.29) is 29.7 Å². The Hall–Kier alpha value is -2.25. The number of hydrogen-bond acceptors (Lipinski definition) is 5. The number of fused-ring (bicyclic) bond motifs is 3. The van der Waals surface area contributed by atoms with Gasteiger partial charge in [0, 0.05) is 37.2 Å². The summed E-state index contributed by atoms with van der Waals surface area (Å²) in [5.74, 6) is 0.102. The highest BCUT2D eigenvalue weighted by Crippen LogP contribution is 2.48. The highest BCUT2D eigenvalue weighted by atomic mass is 16.2. The van der Waals surface area contributed by atoms with Crippen molar-refractivity contribution in [2.24, 2.45) is 11.7 Å². The van der Waals surface area contributed by atoms with Crippen LogP contribution in [0.2, 0.25) is 0 Å². The first kappa shape index (κ1) is 17.8. The maximum Gasteiger partial charge on any atom is 0.255 e. The van der Waals surface area contributed by atoms with Crippen LogP contribution in [0.1, 0.15) is 53.6 Å². The van der Waals surface area contributed by atoms with Gasteiger partial charge >= 0.3 is 0 Å². The smallest absolute Gasteiger partial charge is 0.255 e. The van der Waals surface area contributed by atoms with Crippen LogP contribution >= 0.6 is 0 Å². The van der Waals surface area contributed by atoms with Gasteiger partial charge in [0.2, 0.25) is 11.8 Å². The molecule has 5 aliphatic rings. The molecule has 6 rings (SSSR count). The Morgan fingerprint density at radius 1 is 1.18 bits per heavy atom. The number of nitrogens with zero attached hydrogens (tertiary/aromatic N) is 2. The molecule has 0 radical (unpaired) electrons. The third kappa shape index (κ3) is 2.68. The van der Waals surface area contributed by atoms with E-state index in [2.05, 4.69) is 16.3 Å². The van der Waals surface area contributed by atoms with Gasteiger partial charge in [-0.2, -0.15) is 0 Å². The molecule has 28 heavy (non-hydrogen) atoms. The first-order valence-corrected chi connectivity index (χ1v) is 10.2. The molecular formula is C21H26N4O3. The second kappa shape index (κ2) is 6.39. The van der Waals surface area contributed by atoms with E-state index in [9.17, 15) is 14.4 Å². The number of amides is 3. The van der Waals surface area contributed by atoms with Crippen LogP contribution in [0.3, 0.4) is 0 Å². The van der Waals surface area contributed by atoms with Crippen LogP contribution in [-0.2, 0) is 22.7 Å². The van der Waals surface area contributed by atoms with Crippen molar-refractivity contribution in [3.63, 3.8) is 0 Å². The summed E-state index contributed by atoms with van der Waals surface area (Å²) in [6.45, 7) is 3.07. The fourth-order valence-electron chi connectivity index (χ4n) is 5.54. The molecule has 1 aliphatic carbocycles. The molecule has 1 aromatic carbocycles. The SMILES string of the molecule is NCC12CC(CCN1Cc1ccc3c(c1)CN(C1CCC(=O)NC1=O)C3=O)C2. The zero-order valence-corrected chi connectivity index (χ0v) is 15.9. The number of carbonyl (C=O) groups is 3. The number of nitrogens with one attached hydrogen (secondary N) is 1. The molecule has 4 aliphatic heterocycles. The van der Waals surface area contributed by atoms with E-state index in [0.29, 0.717) is 25.1 Å². The first-order valence-electron chi connectivity index (χ1n) is 10.2. The fraction of sp³-hybridized carbons (Fsp3) is 0.571. The van der Waals surface area contributed by atoms with E-state index in [1.54, 1.807) is 4.90 Å². The number of imide groups is 1. The zero-order chi connectivity index (χ0) is 19.5. The molecule has 1 saturated carbocycles. The normalized spacial score (nSPS) is 32.2. The Kier molecular flexibility index (Phi) is 4.07. The molecule has 7 nitrogen and oxygen atoms in total. The summed E-state index contributed by atoms with van der Waals surface area (Å²) in [7, 11) is 0. The van der Waals surface area contributed by atoms with E-state index in [0.717, 1.165) is 24.6 Å². The van der Waals surface area contributed by atoms with Crippen molar-refractivity contribution in [2.75, 3.05) is 13.1 Å². The van der Waals surface area contributed by atoms with E-state index >= 15 is 0 Å². The Bertz CT molecular complexity index is 861. The fourth-order valence-corrected chi connectivity index (χ4v) is 5.54. The van der Waals surface area contributed by atoms with Crippen LogP contribution in [-0.4, -0.2) is 52.2 Å². The Morgan fingerprint density at radius 3 is 2.75 bits per heavy atom. The van der Waals surface area contributed by atoms with Gasteiger partial charge < -0.3 is 10.6 Å². The van der Waals surface area contributed by atoms with Crippen LogP contribution in [0, 0.1) is 5.92 Å². The van der Waals surface area contributed by atoms with Gasteiger partial charge in [-0.3, -0.25) is 24.6 Å². The van der Waals surface area contributed by atoms with E-state index < -0.39 is 6.04 Å². The predicted molar refractivity (Wildman–Crippen MR) is 102 cm³/mol. The van der Waals surface area contributed by atoms with Gasteiger partial charge in [0.25, 0.3) is 5.91 Å². The second-order valence-electron chi connectivity index (χ2n) is 8.80. The van der Waals surface area contributed by atoms with Crippen molar-refractivity contribution >= 4 is 17.7 Å². The minimum Gasteiger partial charge on any atom is -0.329 e. The maximum atomic E-state index is 12.8. The van der Waals surface area contributed by atoms with Crippen LogP contribution < -0.4 is 11.1 Å². The summed E-state index contributed by atoms with van der Waals surface area (Å²) in [5.41, 5.74) is 9.09. The van der Waals surface area contributed by atoms with E-state index in [1.165, 1.54) is 24.8 Å². The minimum absolute atomic E-state index is 0.116. The van der Waals surface area contributed by atoms with Gasteiger partial charge in [-0.15, -0.1) is 0 Å². The largest absolute Gasteiger partial charge is 0.329 e. The van der Waals surface area contributed by atoms with Gasteiger partial charge in [0.15, 0.2) is 0 Å². The lowest BCUT2D eigenvalue weighted by atomic mass is 9.62. The molecule has 3 N–H and O–H groups in total. The Balaban J connectivity index is 1.33. The third-order valence-electron chi connectivity index (χ3n) is 7.16. The highest BCUT2D eigenvalue weighted by molar-refractivity contribution is 6.05. The molecule has 1 aromatic rings. The number of hydrogen-bond donors (Lipinski definition) is 2. The standard InChI is InChI=1S/C21H26N4O3/c22-12-21-8-14(9-21)5-6-24(21)10-13-1-2-16-15(7-13)11-25(20(16)28)17-3-4-18(26)23-19(17)27/h1-2,7,14,17H,3-6,8-12,22H2,(H,23,26,27). The highest BCUT2D eigenvalue weighted by Gasteiger charge is 2.50. The number of carbonyl (C=O) groups excluding carboxylic acids is 3. The number of benzene rings is 1. The number of nitrogens with two attached hydrogens (primary N) is 1. The Morgan fingerprint density at radius 2 is 2.00 bits per heavy atom. The first-order chi connectivity index (χ1) is 13.5. The van der Waals surface area contributed by atoms with Crippen LogP contribution in [0.4, 0.5) is 0 Å². The summed E-state index contributed by atoms with van der Waals surface area (Å²) in [4.78, 5) is 40.5. The molecule has 1 unspecified atom stereocenters. The molecule has 0 spiro atoms. The molecule has 148 valence electrons.